The molecule has 0 aliphatic carbocycles. The van der Waals surface area contributed by atoms with Crippen LogP contribution in [0.4, 0.5) is 0 Å². The minimum absolute atomic E-state index is 0.284. The highest BCUT2D eigenvalue weighted by Crippen LogP contribution is 2.22. The van der Waals surface area contributed by atoms with E-state index in [9.17, 15) is 0 Å². The van der Waals surface area contributed by atoms with Crippen LogP contribution in [0.25, 0.3) is 0 Å². The van der Waals surface area contributed by atoms with Crippen molar-refractivity contribution in [2.75, 3.05) is 0 Å². The summed E-state index contributed by atoms with van der Waals surface area (Å²) < 4.78 is 5.55. The van der Waals surface area contributed by atoms with E-state index in [4.69, 9.17) is 27.9 Å². The molecule has 0 saturated heterocycles. The van der Waals surface area contributed by atoms with Gasteiger partial charge in [0.05, 0.1) is 11.4 Å². The number of hydrogen-bond acceptors (Lipinski definition) is 3. The van der Waals surface area contributed by atoms with Gasteiger partial charge in [0.1, 0.15) is 6.61 Å². The molecule has 0 fully saturated rings. The predicted octanol–water partition coefficient (Wildman–Crippen LogP) is 3.98. The second-order valence-corrected chi connectivity index (χ2v) is 4.70. The molecule has 2 rings (SSSR count). The quantitative estimate of drug-likeness (QED) is 0.854. The van der Waals surface area contributed by atoms with E-state index in [0.717, 1.165) is 17.0 Å². The Labute approximate surface area is 116 Å². The van der Waals surface area contributed by atoms with Gasteiger partial charge in [-0.25, -0.2) is 9.97 Å². The lowest BCUT2D eigenvalue weighted by Crippen LogP contribution is -2.01. The van der Waals surface area contributed by atoms with Gasteiger partial charge in [0.25, 0.3) is 5.88 Å². The van der Waals surface area contributed by atoms with E-state index in [1.165, 1.54) is 0 Å². The number of hydrogen-bond donors (Lipinski definition) is 0. The molecule has 0 aliphatic rings. The van der Waals surface area contributed by atoms with Crippen LogP contribution >= 0.6 is 23.2 Å². The smallest absolute Gasteiger partial charge is 0.252 e. The van der Waals surface area contributed by atoms with Crippen LogP contribution in [-0.2, 0) is 6.61 Å². The molecular formula is C13H12Cl2N2O. The molecule has 2 aromatic rings. The molecule has 18 heavy (non-hydrogen) atoms. The lowest BCUT2D eigenvalue weighted by molar-refractivity contribution is 0.292. The average Bonchev–Trinajstić information content (AvgIpc) is 2.34. The van der Waals surface area contributed by atoms with Crippen molar-refractivity contribution in [2.45, 2.75) is 20.5 Å². The summed E-state index contributed by atoms with van der Waals surface area (Å²) in [6.07, 6.45) is 0. The van der Waals surface area contributed by atoms with E-state index in [1.807, 2.05) is 38.1 Å². The van der Waals surface area contributed by atoms with E-state index in [2.05, 4.69) is 9.97 Å². The van der Waals surface area contributed by atoms with Crippen LogP contribution in [0.5, 0.6) is 5.88 Å². The molecule has 1 aromatic carbocycles. The van der Waals surface area contributed by atoms with Crippen molar-refractivity contribution < 1.29 is 4.74 Å². The molecule has 0 bridgehead atoms. The monoisotopic (exact) mass is 282 g/mol. The maximum absolute atomic E-state index is 5.97. The van der Waals surface area contributed by atoms with Gasteiger partial charge in [-0.15, -0.1) is 0 Å². The highest BCUT2D eigenvalue weighted by molar-refractivity contribution is 6.30. The molecule has 5 heteroatoms. The molecule has 3 nitrogen and oxygen atoms in total. The van der Waals surface area contributed by atoms with Gasteiger partial charge in [-0.3, -0.25) is 0 Å². The predicted molar refractivity (Wildman–Crippen MR) is 72.3 cm³/mol. The van der Waals surface area contributed by atoms with Crippen LogP contribution < -0.4 is 4.74 Å². The minimum atomic E-state index is 0.284. The van der Waals surface area contributed by atoms with Crippen molar-refractivity contribution in [3.63, 3.8) is 0 Å². The molecular weight excluding hydrogens is 271 g/mol. The fourth-order valence-electron chi connectivity index (χ4n) is 1.38. The van der Waals surface area contributed by atoms with Crippen molar-refractivity contribution in [1.29, 1.82) is 0 Å². The number of rotatable bonds is 3. The Morgan fingerprint density at radius 2 is 1.61 bits per heavy atom. The van der Waals surface area contributed by atoms with E-state index in [0.29, 0.717) is 17.5 Å². The number of ether oxygens (including phenoxy) is 1. The standard InChI is InChI=1S/C13H12Cl2N2O/c1-8-9(2)17-13(12(15)16-8)18-7-10-3-5-11(14)6-4-10/h3-6H,7H2,1-2H3. The summed E-state index contributed by atoms with van der Waals surface area (Å²) >= 11 is 11.8. The molecule has 0 N–H and O–H groups in total. The van der Waals surface area contributed by atoms with Gasteiger partial charge < -0.3 is 4.74 Å². The maximum atomic E-state index is 5.97. The van der Waals surface area contributed by atoms with Gasteiger partial charge in [0, 0.05) is 5.02 Å². The Morgan fingerprint density at radius 3 is 2.28 bits per heavy atom. The van der Waals surface area contributed by atoms with Gasteiger partial charge in [-0.1, -0.05) is 35.3 Å². The first-order chi connectivity index (χ1) is 8.56. The summed E-state index contributed by atoms with van der Waals surface area (Å²) in [5, 5.41) is 0.981. The number of aryl methyl sites for hydroxylation is 2. The van der Waals surface area contributed by atoms with Crippen molar-refractivity contribution in [2.24, 2.45) is 0 Å². The van der Waals surface area contributed by atoms with Gasteiger partial charge in [0.15, 0.2) is 5.15 Å². The van der Waals surface area contributed by atoms with E-state index in [1.54, 1.807) is 0 Å². The van der Waals surface area contributed by atoms with Gasteiger partial charge >= 0.3 is 0 Å². The van der Waals surface area contributed by atoms with Crippen molar-refractivity contribution in [3.8, 4) is 5.88 Å². The summed E-state index contributed by atoms with van der Waals surface area (Å²) in [7, 11) is 0. The number of benzene rings is 1. The summed E-state index contributed by atoms with van der Waals surface area (Å²) in [5.74, 6) is 0.356. The Balaban J connectivity index is 2.10. The first-order valence-corrected chi connectivity index (χ1v) is 6.20. The highest BCUT2D eigenvalue weighted by atomic mass is 35.5. The Bertz CT molecular complexity index is 556. The van der Waals surface area contributed by atoms with Crippen molar-refractivity contribution >= 4 is 23.2 Å². The fraction of sp³-hybridized carbons (Fsp3) is 0.231. The summed E-state index contributed by atoms with van der Waals surface area (Å²) in [4.78, 5) is 8.42. The van der Waals surface area contributed by atoms with E-state index >= 15 is 0 Å². The normalized spacial score (nSPS) is 10.4. The molecule has 0 saturated carbocycles. The van der Waals surface area contributed by atoms with Crippen molar-refractivity contribution in [3.05, 3.63) is 51.4 Å². The van der Waals surface area contributed by atoms with E-state index in [-0.39, 0.29) is 5.15 Å². The zero-order valence-corrected chi connectivity index (χ0v) is 11.6. The molecule has 94 valence electrons. The van der Waals surface area contributed by atoms with Crippen molar-refractivity contribution in [1.82, 2.24) is 9.97 Å². The SMILES string of the molecule is Cc1nc(Cl)c(OCc2ccc(Cl)cc2)nc1C. The first-order valence-electron chi connectivity index (χ1n) is 5.44. The lowest BCUT2D eigenvalue weighted by Gasteiger charge is -2.08. The third kappa shape index (κ3) is 3.12. The zero-order valence-electron chi connectivity index (χ0n) is 10.1. The first kappa shape index (κ1) is 13.1. The Hall–Kier alpha value is -1.32. The molecule has 1 aromatic heterocycles. The van der Waals surface area contributed by atoms with Crippen LogP contribution in [0, 0.1) is 13.8 Å². The summed E-state index contributed by atoms with van der Waals surface area (Å²) in [6.45, 7) is 4.11. The molecule has 0 aliphatic heterocycles. The van der Waals surface area contributed by atoms with Crippen LogP contribution in [0.3, 0.4) is 0 Å². The Morgan fingerprint density at radius 1 is 1.00 bits per heavy atom. The number of nitrogens with zero attached hydrogens (tertiary/aromatic N) is 2. The zero-order chi connectivity index (χ0) is 13.1. The number of halogens is 2. The summed E-state index contributed by atoms with van der Waals surface area (Å²) in [5.41, 5.74) is 2.61. The van der Waals surface area contributed by atoms with Crippen LogP contribution in [0.15, 0.2) is 24.3 Å². The molecule has 0 amide bonds. The highest BCUT2D eigenvalue weighted by Gasteiger charge is 2.08. The van der Waals surface area contributed by atoms with Gasteiger partial charge in [-0.05, 0) is 31.5 Å². The molecule has 0 atom stereocenters. The molecule has 1 heterocycles. The third-order valence-electron chi connectivity index (χ3n) is 2.52. The maximum Gasteiger partial charge on any atom is 0.252 e. The summed E-state index contributed by atoms with van der Waals surface area (Å²) in [6, 6.07) is 7.41. The largest absolute Gasteiger partial charge is 0.471 e. The third-order valence-corrected chi connectivity index (χ3v) is 3.02. The second kappa shape index (κ2) is 5.55. The molecule has 0 radical (unpaired) electrons. The average molecular weight is 283 g/mol. The Kier molecular flexibility index (Phi) is 4.04. The topological polar surface area (TPSA) is 35.0 Å². The fourth-order valence-corrected chi connectivity index (χ4v) is 1.73. The molecule has 0 unspecified atom stereocenters. The van der Waals surface area contributed by atoms with Gasteiger partial charge in [-0.2, -0.15) is 0 Å². The van der Waals surface area contributed by atoms with Crippen LogP contribution in [0.1, 0.15) is 17.0 Å². The minimum Gasteiger partial charge on any atom is -0.471 e. The second-order valence-electron chi connectivity index (χ2n) is 3.91. The van der Waals surface area contributed by atoms with Crippen LogP contribution in [-0.4, -0.2) is 9.97 Å². The van der Waals surface area contributed by atoms with Crippen LogP contribution in [0.2, 0.25) is 10.2 Å². The lowest BCUT2D eigenvalue weighted by atomic mass is 10.2. The van der Waals surface area contributed by atoms with Gasteiger partial charge in [0.2, 0.25) is 0 Å². The molecule has 0 spiro atoms. The van der Waals surface area contributed by atoms with E-state index < -0.39 is 0 Å². The number of aromatic nitrogens is 2.